The highest BCUT2D eigenvalue weighted by atomic mass is 19.1. The highest BCUT2D eigenvalue weighted by Crippen LogP contribution is 2.40. The molecule has 3 aromatic carbocycles. The van der Waals surface area contributed by atoms with Crippen LogP contribution < -0.4 is 10.1 Å². The highest BCUT2D eigenvalue weighted by Gasteiger charge is 2.19. The molecule has 0 saturated heterocycles. The van der Waals surface area contributed by atoms with E-state index in [0.717, 1.165) is 44.5 Å². The molecule has 1 N–H and O–H groups in total. The molecule has 0 spiro atoms. The number of furan rings is 1. The van der Waals surface area contributed by atoms with Crippen molar-refractivity contribution in [1.29, 1.82) is 0 Å². The van der Waals surface area contributed by atoms with Crippen molar-refractivity contribution in [3.63, 3.8) is 0 Å². The first-order valence-electron chi connectivity index (χ1n) is 10.9. The van der Waals surface area contributed by atoms with Crippen molar-refractivity contribution in [1.82, 2.24) is 0 Å². The normalized spacial score (nSPS) is 11.6. The van der Waals surface area contributed by atoms with Crippen molar-refractivity contribution < 1.29 is 18.3 Å². The zero-order chi connectivity index (χ0) is 23.5. The molecule has 0 atom stereocenters. The SMILES string of the molecule is CCOc1c(/C(C)=C/C(=O)Nc2ccccc2C)cc2c(-c3ccc(F)cc3)coc2c1C. The number of benzene rings is 3. The monoisotopic (exact) mass is 443 g/mol. The lowest BCUT2D eigenvalue weighted by atomic mass is 9.96. The van der Waals surface area contributed by atoms with Crippen molar-refractivity contribution in [2.24, 2.45) is 0 Å². The number of amides is 1. The van der Waals surface area contributed by atoms with Gasteiger partial charge in [0.05, 0.1) is 12.9 Å². The molecule has 0 aliphatic rings. The third-order valence-corrected chi connectivity index (χ3v) is 5.66. The molecule has 4 aromatic rings. The molecule has 0 saturated carbocycles. The molecule has 5 heteroatoms. The predicted octanol–water partition coefficient (Wildman–Crippen LogP) is 7.30. The number of para-hydroxylation sites is 1. The molecule has 1 aromatic heterocycles. The van der Waals surface area contributed by atoms with E-state index in [1.165, 1.54) is 12.1 Å². The molecule has 0 aliphatic heterocycles. The van der Waals surface area contributed by atoms with Gasteiger partial charge in [0.2, 0.25) is 5.91 Å². The number of allylic oxidation sites excluding steroid dienone is 1. The maximum atomic E-state index is 13.4. The lowest BCUT2D eigenvalue weighted by molar-refractivity contribution is -0.111. The fourth-order valence-corrected chi connectivity index (χ4v) is 3.95. The summed E-state index contributed by atoms with van der Waals surface area (Å²) in [6, 6.07) is 15.9. The van der Waals surface area contributed by atoms with Gasteiger partial charge in [-0.15, -0.1) is 0 Å². The summed E-state index contributed by atoms with van der Waals surface area (Å²) in [5.74, 6) is 0.177. The summed E-state index contributed by atoms with van der Waals surface area (Å²) in [5, 5.41) is 3.82. The number of carbonyl (C=O) groups excluding carboxylic acids is 1. The van der Waals surface area contributed by atoms with Gasteiger partial charge in [-0.1, -0.05) is 30.3 Å². The van der Waals surface area contributed by atoms with Gasteiger partial charge in [0.15, 0.2) is 0 Å². The van der Waals surface area contributed by atoms with Gasteiger partial charge >= 0.3 is 0 Å². The Labute approximate surface area is 192 Å². The van der Waals surface area contributed by atoms with Gasteiger partial charge in [0.25, 0.3) is 0 Å². The van der Waals surface area contributed by atoms with Crippen LogP contribution in [0.4, 0.5) is 10.1 Å². The first kappa shape index (κ1) is 22.3. The molecule has 0 unspecified atom stereocenters. The van der Waals surface area contributed by atoms with Crippen LogP contribution in [0, 0.1) is 19.7 Å². The molecule has 33 heavy (non-hydrogen) atoms. The number of fused-ring (bicyclic) bond motifs is 1. The molecular formula is C28H26FNO3. The van der Waals surface area contributed by atoms with Crippen LogP contribution in [0.25, 0.3) is 27.7 Å². The number of ether oxygens (including phenoxy) is 1. The van der Waals surface area contributed by atoms with Crippen LogP contribution in [0.1, 0.15) is 30.5 Å². The molecule has 1 heterocycles. The molecular weight excluding hydrogens is 417 g/mol. The van der Waals surface area contributed by atoms with Crippen molar-refractivity contribution in [3.05, 3.63) is 89.4 Å². The Morgan fingerprint density at radius 1 is 1.12 bits per heavy atom. The molecule has 0 aliphatic carbocycles. The minimum atomic E-state index is -0.291. The second-order valence-corrected chi connectivity index (χ2v) is 7.98. The Bertz CT molecular complexity index is 1350. The number of rotatable bonds is 6. The fourth-order valence-electron chi connectivity index (χ4n) is 3.95. The van der Waals surface area contributed by atoms with Gasteiger partial charge in [-0.2, -0.15) is 0 Å². The number of carbonyl (C=O) groups is 1. The van der Waals surface area contributed by atoms with Crippen LogP contribution in [0.5, 0.6) is 5.75 Å². The van der Waals surface area contributed by atoms with Crippen LogP contribution in [-0.4, -0.2) is 12.5 Å². The number of hydrogen-bond donors (Lipinski definition) is 1. The molecule has 0 fully saturated rings. The van der Waals surface area contributed by atoms with Gasteiger partial charge in [-0.05, 0) is 68.7 Å². The van der Waals surface area contributed by atoms with E-state index in [4.69, 9.17) is 9.15 Å². The van der Waals surface area contributed by atoms with Gasteiger partial charge in [0, 0.05) is 33.8 Å². The Balaban J connectivity index is 1.79. The minimum Gasteiger partial charge on any atom is -0.493 e. The summed E-state index contributed by atoms with van der Waals surface area (Å²) in [4.78, 5) is 12.8. The standard InChI is InChI=1S/C28H26FNO3/c1-5-32-27-19(4)28-23(24(16-33-28)20-10-12-21(29)13-11-20)15-22(27)18(3)14-26(31)30-25-9-7-6-8-17(25)2/h6-16H,5H2,1-4H3,(H,30,31)/b18-14+. The van der Waals surface area contributed by atoms with Crippen LogP contribution in [0.2, 0.25) is 0 Å². The average Bonchev–Trinajstić information content (AvgIpc) is 3.22. The number of hydrogen-bond acceptors (Lipinski definition) is 3. The lowest BCUT2D eigenvalue weighted by Gasteiger charge is -2.15. The van der Waals surface area contributed by atoms with Crippen molar-refractivity contribution >= 4 is 28.1 Å². The number of halogens is 1. The fraction of sp³-hybridized carbons (Fsp3) is 0.179. The van der Waals surface area contributed by atoms with E-state index in [-0.39, 0.29) is 11.7 Å². The quantitative estimate of drug-likeness (QED) is 0.318. The largest absolute Gasteiger partial charge is 0.493 e. The van der Waals surface area contributed by atoms with Crippen LogP contribution in [0.15, 0.2) is 71.4 Å². The summed E-state index contributed by atoms with van der Waals surface area (Å²) < 4.78 is 25.3. The third-order valence-electron chi connectivity index (χ3n) is 5.66. The van der Waals surface area contributed by atoms with E-state index in [2.05, 4.69) is 5.32 Å². The average molecular weight is 444 g/mol. The van der Waals surface area contributed by atoms with E-state index in [1.807, 2.05) is 58.0 Å². The molecule has 1 amide bonds. The second-order valence-electron chi connectivity index (χ2n) is 7.98. The number of aryl methyl sites for hydroxylation is 2. The van der Waals surface area contributed by atoms with Crippen LogP contribution >= 0.6 is 0 Å². The van der Waals surface area contributed by atoms with E-state index < -0.39 is 0 Å². The Morgan fingerprint density at radius 2 is 1.85 bits per heavy atom. The van der Waals surface area contributed by atoms with E-state index in [9.17, 15) is 9.18 Å². The Hall–Kier alpha value is -3.86. The maximum absolute atomic E-state index is 13.4. The highest BCUT2D eigenvalue weighted by molar-refractivity contribution is 6.06. The Kier molecular flexibility index (Phi) is 6.31. The minimum absolute atomic E-state index is 0.215. The van der Waals surface area contributed by atoms with Crippen LogP contribution in [-0.2, 0) is 4.79 Å². The van der Waals surface area contributed by atoms with Gasteiger partial charge in [-0.25, -0.2) is 4.39 Å². The summed E-state index contributed by atoms with van der Waals surface area (Å²) in [5.41, 5.74) is 6.61. The van der Waals surface area contributed by atoms with Gasteiger partial charge in [0.1, 0.15) is 17.1 Å². The molecule has 0 bridgehead atoms. The lowest BCUT2D eigenvalue weighted by Crippen LogP contribution is -2.10. The van der Waals surface area contributed by atoms with E-state index in [0.29, 0.717) is 17.9 Å². The zero-order valence-corrected chi connectivity index (χ0v) is 19.2. The third kappa shape index (κ3) is 4.53. The number of nitrogens with one attached hydrogen (secondary N) is 1. The second kappa shape index (κ2) is 9.33. The maximum Gasteiger partial charge on any atom is 0.248 e. The predicted molar refractivity (Wildman–Crippen MR) is 131 cm³/mol. The smallest absolute Gasteiger partial charge is 0.248 e. The molecule has 168 valence electrons. The first-order chi connectivity index (χ1) is 15.9. The van der Waals surface area contributed by atoms with Crippen molar-refractivity contribution in [3.8, 4) is 16.9 Å². The Morgan fingerprint density at radius 3 is 2.55 bits per heavy atom. The molecule has 0 radical (unpaired) electrons. The van der Waals surface area contributed by atoms with Crippen LogP contribution in [0.3, 0.4) is 0 Å². The zero-order valence-electron chi connectivity index (χ0n) is 19.2. The van der Waals surface area contributed by atoms with Crippen molar-refractivity contribution in [2.75, 3.05) is 11.9 Å². The number of anilines is 1. The first-order valence-corrected chi connectivity index (χ1v) is 10.9. The summed E-state index contributed by atoms with van der Waals surface area (Å²) in [7, 11) is 0. The van der Waals surface area contributed by atoms with Crippen molar-refractivity contribution in [2.45, 2.75) is 27.7 Å². The van der Waals surface area contributed by atoms with E-state index in [1.54, 1.807) is 24.5 Å². The van der Waals surface area contributed by atoms with E-state index >= 15 is 0 Å². The van der Waals surface area contributed by atoms with Gasteiger partial charge < -0.3 is 14.5 Å². The topological polar surface area (TPSA) is 51.5 Å². The summed E-state index contributed by atoms with van der Waals surface area (Å²) in [6.45, 7) is 8.18. The van der Waals surface area contributed by atoms with Gasteiger partial charge in [-0.3, -0.25) is 4.79 Å². The molecule has 4 nitrogen and oxygen atoms in total. The molecule has 4 rings (SSSR count). The summed E-state index contributed by atoms with van der Waals surface area (Å²) >= 11 is 0. The summed E-state index contributed by atoms with van der Waals surface area (Å²) in [6.07, 6.45) is 3.25.